The highest BCUT2D eigenvalue weighted by atomic mass is 15.1. The molecule has 0 aromatic heterocycles. The lowest BCUT2D eigenvalue weighted by atomic mass is 9.92. The molecule has 0 bridgehead atoms. The molecule has 10 heavy (non-hydrogen) atoms. The van der Waals surface area contributed by atoms with Crippen LogP contribution in [-0.2, 0) is 0 Å². The number of hydrogen-bond acceptors (Lipinski definition) is 2. The van der Waals surface area contributed by atoms with Crippen LogP contribution in [0.3, 0.4) is 0 Å². The van der Waals surface area contributed by atoms with Crippen LogP contribution in [0.4, 0.5) is 0 Å². The minimum absolute atomic E-state index is 0.272. The van der Waals surface area contributed by atoms with E-state index in [0.717, 1.165) is 19.5 Å². The van der Waals surface area contributed by atoms with Crippen molar-refractivity contribution in [2.45, 2.75) is 13.3 Å². The smallest absolute Gasteiger partial charge is 0.0669 e. The Bertz CT molecular complexity index is 138. The van der Waals surface area contributed by atoms with Gasteiger partial charge in [0.1, 0.15) is 0 Å². The Hall–Kier alpha value is -0.550. The topological polar surface area (TPSA) is 27.0 Å². The van der Waals surface area contributed by atoms with Crippen LogP contribution in [0.2, 0.25) is 0 Å². The molecule has 0 N–H and O–H groups in total. The van der Waals surface area contributed by atoms with Crippen LogP contribution in [-0.4, -0.2) is 25.0 Å². The number of hydrogen-bond donors (Lipinski definition) is 0. The Labute approximate surface area is 62.4 Å². The monoisotopic (exact) mass is 138 g/mol. The van der Waals surface area contributed by atoms with Gasteiger partial charge in [0.25, 0.3) is 0 Å². The standard InChI is InChI=1S/C8H14N2/c1-7-3-8(4-9)6-10(2)5-7/h7-8H,3,5-6H2,1-2H3/t7-,8+/m0/s1. The normalized spacial score (nSPS) is 35.3. The molecule has 0 aliphatic carbocycles. The Balaban J connectivity index is 2.44. The molecule has 0 spiro atoms. The summed E-state index contributed by atoms with van der Waals surface area (Å²) in [5.41, 5.74) is 0. The molecule has 1 fully saturated rings. The van der Waals surface area contributed by atoms with Gasteiger partial charge in [-0.05, 0) is 19.4 Å². The van der Waals surface area contributed by atoms with Crippen molar-refractivity contribution >= 4 is 0 Å². The number of likely N-dealkylation sites (tertiary alicyclic amines) is 1. The summed E-state index contributed by atoms with van der Waals surface area (Å²) >= 11 is 0. The highest BCUT2D eigenvalue weighted by molar-refractivity contribution is 4.89. The number of rotatable bonds is 0. The van der Waals surface area contributed by atoms with Crippen molar-refractivity contribution in [2.24, 2.45) is 11.8 Å². The molecule has 0 unspecified atom stereocenters. The van der Waals surface area contributed by atoms with Crippen molar-refractivity contribution in [3.8, 4) is 6.07 Å². The Morgan fingerprint density at radius 3 is 2.70 bits per heavy atom. The van der Waals surface area contributed by atoms with Crippen molar-refractivity contribution in [1.82, 2.24) is 4.90 Å². The molecule has 0 radical (unpaired) electrons. The van der Waals surface area contributed by atoms with E-state index in [2.05, 4.69) is 24.9 Å². The minimum Gasteiger partial charge on any atom is -0.305 e. The fourth-order valence-corrected chi connectivity index (χ4v) is 1.71. The van der Waals surface area contributed by atoms with Gasteiger partial charge >= 0.3 is 0 Å². The van der Waals surface area contributed by atoms with Crippen LogP contribution in [0.25, 0.3) is 0 Å². The van der Waals surface area contributed by atoms with E-state index in [1.54, 1.807) is 0 Å². The molecule has 1 aliphatic rings. The molecule has 1 aliphatic heterocycles. The maximum Gasteiger partial charge on any atom is 0.0669 e. The predicted molar refractivity (Wildman–Crippen MR) is 40.4 cm³/mol. The second kappa shape index (κ2) is 3.03. The fourth-order valence-electron chi connectivity index (χ4n) is 1.71. The number of piperidine rings is 1. The molecule has 2 atom stereocenters. The maximum atomic E-state index is 8.65. The molecule has 1 heterocycles. The minimum atomic E-state index is 0.272. The maximum absolute atomic E-state index is 8.65. The lowest BCUT2D eigenvalue weighted by molar-refractivity contribution is 0.188. The molecule has 0 saturated carbocycles. The highest BCUT2D eigenvalue weighted by Gasteiger charge is 2.21. The summed E-state index contributed by atoms with van der Waals surface area (Å²) in [5, 5.41) is 8.65. The summed E-state index contributed by atoms with van der Waals surface area (Å²) in [7, 11) is 2.08. The van der Waals surface area contributed by atoms with Gasteiger partial charge in [0.2, 0.25) is 0 Å². The van der Waals surface area contributed by atoms with Gasteiger partial charge in [-0.3, -0.25) is 0 Å². The van der Waals surface area contributed by atoms with E-state index in [1.807, 2.05) is 0 Å². The van der Waals surface area contributed by atoms with Gasteiger partial charge in [-0.25, -0.2) is 0 Å². The van der Waals surface area contributed by atoms with Crippen LogP contribution < -0.4 is 0 Å². The van der Waals surface area contributed by atoms with Gasteiger partial charge in [0.05, 0.1) is 12.0 Å². The summed E-state index contributed by atoms with van der Waals surface area (Å²) in [6.45, 7) is 4.32. The predicted octanol–water partition coefficient (Wildman–Crippen LogP) is 1.10. The van der Waals surface area contributed by atoms with E-state index < -0.39 is 0 Å². The molecule has 0 amide bonds. The van der Waals surface area contributed by atoms with E-state index in [4.69, 9.17) is 5.26 Å². The lowest BCUT2D eigenvalue weighted by Gasteiger charge is -2.30. The third kappa shape index (κ3) is 1.71. The first-order valence-electron chi connectivity index (χ1n) is 3.80. The zero-order valence-corrected chi connectivity index (χ0v) is 6.67. The lowest BCUT2D eigenvalue weighted by Crippen LogP contribution is -2.36. The quantitative estimate of drug-likeness (QED) is 0.501. The van der Waals surface area contributed by atoms with Gasteiger partial charge in [-0.1, -0.05) is 6.92 Å². The number of nitriles is 1. The molecule has 1 rings (SSSR count). The first-order chi connectivity index (χ1) is 4.72. The summed E-state index contributed by atoms with van der Waals surface area (Å²) in [6.07, 6.45) is 1.08. The van der Waals surface area contributed by atoms with Gasteiger partial charge in [0, 0.05) is 13.1 Å². The van der Waals surface area contributed by atoms with Crippen LogP contribution in [0.5, 0.6) is 0 Å². The fraction of sp³-hybridized carbons (Fsp3) is 0.875. The van der Waals surface area contributed by atoms with Crippen LogP contribution in [0.1, 0.15) is 13.3 Å². The van der Waals surface area contributed by atoms with Gasteiger partial charge in [-0.2, -0.15) is 5.26 Å². The largest absolute Gasteiger partial charge is 0.305 e. The second-order valence-electron chi connectivity index (χ2n) is 3.39. The first-order valence-corrected chi connectivity index (χ1v) is 3.80. The molecule has 0 aromatic carbocycles. The SMILES string of the molecule is C[C@H]1C[C@H](C#N)CN(C)C1. The molecular weight excluding hydrogens is 124 g/mol. The first kappa shape index (κ1) is 7.56. The van der Waals surface area contributed by atoms with Gasteiger partial charge < -0.3 is 4.90 Å². The third-order valence-corrected chi connectivity index (χ3v) is 2.02. The van der Waals surface area contributed by atoms with Crippen molar-refractivity contribution in [3.05, 3.63) is 0 Å². The van der Waals surface area contributed by atoms with Crippen LogP contribution in [0.15, 0.2) is 0 Å². The van der Waals surface area contributed by atoms with Crippen molar-refractivity contribution < 1.29 is 0 Å². The van der Waals surface area contributed by atoms with Crippen molar-refractivity contribution in [2.75, 3.05) is 20.1 Å². The molecule has 2 nitrogen and oxygen atoms in total. The summed E-state index contributed by atoms with van der Waals surface area (Å²) in [6, 6.07) is 2.32. The van der Waals surface area contributed by atoms with E-state index in [9.17, 15) is 0 Å². The molecular formula is C8H14N2. The Morgan fingerprint density at radius 1 is 1.50 bits per heavy atom. The van der Waals surface area contributed by atoms with Gasteiger partial charge in [-0.15, -0.1) is 0 Å². The molecule has 0 aromatic rings. The average Bonchev–Trinajstić information content (AvgIpc) is 1.85. The highest BCUT2D eigenvalue weighted by Crippen LogP contribution is 2.18. The van der Waals surface area contributed by atoms with E-state index in [1.165, 1.54) is 0 Å². The molecule has 2 heteroatoms. The average molecular weight is 138 g/mol. The molecule has 1 saturated heterocycles. The van der Waals surface area contributed by atoms with Crippen LogP contribution in [0, 0.1) is 23.2 Å². The Kier molecular flexibility index (Phi) is 2.29. The Morgan fingerprint density at radius 2 is 2.20 bits per heavy atom. The van der Waals surface area contributed by atoms with Crippen molar-refractivity contribution in [3.63, 3.8) is 0 Å². The molecule has 56 valence electrons. The van der Waals surface area contributed by atoms with E-state index in [-0.39, 0.29) is 5.92 Å². The van der Waals surface area contributed by atoms with E-state index >= 15 is 0 Å². The van der Waals surface area contributed by atoms with Crippen LogP contribution >= 0.6 is 0 Å². The summed E-state index contributed by atoms with van der Waals surface area (Å²) in [4.78, 5) is 2.24. The van der Waals surface area contributed by atoms with Crippen molar-refractivity contribution in [1.29, 1.82) is 5.26 Å². The summed E-state index contributed by atoms with van der Waals surface area (Å²) in [5.74, 6) is 0.970. The second-order valence-corrected chi connectivity index (χ2v) is 3.39. The third-order valence-electron chi connectivity index (χ3n) is 2.02. The zero-order chi connectivity index (χ0) is 7.56. The van der Waals surface area contributed by atoms with E-state index in [0.29, 0.717) is 5.92 Å². The summed E-state index contributed by atoms with van der Waals surface area (Å²) < 4.78 is 0. The number of nitrogens with zero attached hydrogens (tertiary/aromatic N) is 2. The zero-order valence-electron chi connectivity index (χ0n) is 6.67. The van der Waals surface area contributed by atoms with Gasteiger partial charge in [0.15, 0.2) is 0 Å².